The lowest BCUT2D eigenvalue weighted by atomic mass is 9.80. The molecule has 1 amide bonds. The second-order valence-electron chi connectivity index (χ2n) is 8.33. The molecule has 2 aliphatic heterocycles. The van der Waals surface area contributed by atoms with Crippen LogP contribution in [0.4, 0.5) is 4.79 Å². The van der Waals surface area contributed by atoms with Crippen molar-refractivity contribution in [3.8, 4) is 0 Å². The van der Waals surface area contributed by atoms with E-state index in [-0.39, 0.29) is 24.8 Å². The van der Waals surface area contributed by atoms with Crippen molar-refractivity contribution in [1.82, 2.24) is 4.90 Å². The van der Waals surface area contributed by atoms with Crippen molar-refractivity contribution in [3.05, 3.63) is 83.9 Å². The number of benzene rings is 3. The number of hydrogen-bond donors (Lipinski definition) is 1. The van der Waals surface area contributed by atoms with E-state index in [1.165, 1.54) is 5.39 Å². The van der Waals surface area contributed by atoms with Gasteiger partial charge in [0.05, 0.1) is 5.60 Å². The second-order valence-corrected chi connectivity index (χ2v) is 8.33. The first-order chi connectivity index (χ1) is 14.1. The Balaban J connectivity index is 1.32. The quantitative estimate of drug-likeness (QED) is 0.689. The maximum Gasteiger partial charge on any atom is 0.410 e. The summed E-state index contributed by atoms with van der Waals surface area (Å²) < 4.78 is 5.59. The Hall–Kier alpha value is -2.85. The summed E-state index contributed by atoms with van der Waals surface area (Å²) in [7, 11) is 0. The molecule has 0 aromatic heterocycles. The standard InChI is InChI=1S/C25H25NO3/c27-24(29-17-18-6-2-1-3-7-18)26-22-12-13-23(26)16-25(28,15-22)21-11-10-19-8-4-5-9-20(19)14-21/h1-11,14,22-23,28H,12-13,15-17H2. The van der Waals surface area contributed by atoms with Crippen LogP contribution in [0.3, 0.4) is 0 Å². The Morgan fingerprint density at radius 3 is 2.31 bits per heavy atom. The van der Waals surface area contributed by atoms with Gasteiger partial charge in [-0.3, -0.25) is 0 Å². The van der Waals surface area contributed by atoms with Crippen molar-refractivity contribution in [3.63, 3.8) is 0 Å². The Labute approximate surface area is 170 Å². The molecule has 3 aromatic rings. The van der Waals surface area contributed by atoms with Crippen LogP contribution in [0.5, 0.6) is 0 Å². The summed E-state index contributed by atoms with van der Waals surface area (Å²) in [5.41, 5.74) is 1.04. The summed E-state index contributed by atoms with van der Waals surface area (Å²) in [6.45, 7) is 0.282. The minimum atomic E-state index is -0.897. The molecule has 4 nitrogen and oxygen atoms in total. The second kappa shape index (κ2) is 7.20. The third-order valence-electron chi connectivity index (χ3n) is 6.47. The van der Waals surface area contributed by atoms with Crippen LogP contribution in [0.2, 0.25) is 0 Å². The number of ether oxygens (including phenoxy) is 1. The highest BCUT2D eigenvalue weighted by Crippen LogP contribution is 2.46. The molecule has 0 saturated carbocycles. The molecular weight excluding hydrogens is 362 g/mol. The van der Waals surface area contributed by atoms with Crippen molar-refractivity contribution in [2.45, 2.75) is 50.0 Å². The molecule has 2 fully saturated rings. The maximum absolute atomic E-state index is 12.8. The number of carbonyl (C=O) groups excluding carboxylic acids is 1. The van der Waals surface area contributed by atoms with Crippen LogP contribution in [-0.2, 0) is 16.9 Å². The first-order valence-electron chi connectivity index (χ1n) is 10.3. The Morgan fingerprint density at radius 1 is 0.931 bits per heavy atom. The highest BCUT2D eigenvalue weighted by Gasteiger charge is 2.50. The number of aliphatic hydroxyl groups is 1. The minimum absolute atomic E-state index is 0.0218. The van der Waals surface area contributed by atoms with E-state index in [9.17, 15) is 9.90 Å². The van der Waals surface area contributed by atoms with Gasteiger partial charge in [-0.05, 0) is 40.8 Å². The molecule has 1 N–H and O–H groups in total. The predicted molar refractivity (Wildman–Crippen MR) is 112 cm³/mol. The Kier molecular flexibility index (Phi) is 4.51. The topological polar surface area (TPSA) is 49.8 Å². The van der Waals surface area contributed by atoms with Crippen LogP contribution >= 0.6 is 0 Å². The lowest BCUT2D eigenvalue weighted by molar-refractivity contribution is -0.0536. The zero-order valence-corrected chi connectivity index (χ0v) is 16.3. The van der Waals surface area contributed by atoms with E-state index < -0.39 is 5.60 Å². The molecule has 0 aliphatic carbocycles. The normalized spacial score (nSPS) is 25.9. The van der Waals surface area contributed by atoms with E-state index >= 15 is 0 Å². The van der Waals surface area contributed by atoms with Crippen molar-refractivity contribution in [2.24, 2.45) is 0 Å². The van der Waals surface area contributed by atoms with Crippen molar-refractivity contribution >= 4 is 16.9 Å². The highest BCUT2D eigenvalue weighted by atomic mass is 16.6. The largest absolute Gasteiger partial charge is 0.445 e. The molecule has 4 heteroatoms. The molecule has 2 bridgehead atoms. The molecule has 2 unspecified atom stereocenters. The van der Waals surface area contributed by atoms with Gasteiger partial charge < -0.3 is 14.7 Å². The van der Waals surface area contributed by atoms with E-state index in [0.717, 1.165) is 29.4 Å². The van der Waals surface area contributed by atoms with E-state index in [1.54, 1.807) is 0 Å². The Morgan fingerprint density at radius 2 is 1.59 bits per heavy atom. The van der Waals surface area contributed by atoms with Crippen molar-refractivity contribution in [2.75, 3.05) is 0 Å². The minimum Gasteiger partial charge on any atom is -0.445 e. The third kappa shape index (κ3) is 3.38. The monoisotopic (exact) mass is 387 g/mol. The zero-order chi connectivity index (χ0) is 19.8. The van der Waals surface area contributed by atoms with E-state index in [0.29, 0.717) is 12.8 Å². The molecule has 2 heterocycles. The van der Waals surface area contributed by atoms with Crippen molar-refractivity contribution < 1.29 is 14.6 Å². The molecule has 5 rings (SSSR count). The highest BCUT2D eigenvalue weighted by molar-refractivity contribution is 5.83. The van der Waals surface area contributed by atoms with Gasteiger partial charge in [-0.25, -0.2) is 4.79 Å². The van der Waals surface area contributed by atoms with Gasteiger partial charge in [0.1, 0.15) is 6.61 Å². The lowest BCUT2D eigenvalue weighted by Gasteiger charge is -2.43. The number of hydrogen-bond acceptors (Lipinski definition) is 3. The fourth-order valence-corrected chi connectivity index (χ4v) is 5.03. The molecule has 2 atom stereocenters. The molecule has 2 aliphatic rings. The smallest absolute Gasteiger partial charge is 0.410 e. The average molecular weight is 387 g/mol. The fourth-order valence-electron chi connectivity index (χ4n) is 5.03. The molecule has 0 radical (unpaired) electrons. The van der Waals surface area contributed by atoms with Gasteiger partial charge in [0.25, 0.3) is 0 Å². The van der Waals surface area contributed by atoms with Crippen LogP contribution in [0, 0.1) is 0 Å². The first-order valence-corrected chi connectivity index (χ1v) is 10.3. The molecule has 148 valence electrons. The summed E-state index contributed by atoms with van der Waals surface area (Å²) in [6.07, 6.45) is 2.69. The summed E-state index contributed by atoms with van der Waals surface area (Å²) in [6, 6.07) is 24.2. The molecule has 29 heavy (non-hydrogen) atoms. The van der Waals surface area contributed by atoms with E-state index in [2.05, 4.69) is 24.3 Å². The SMILES string of the molecule is O=C(OCc1ccccc1)N1C2CCC1CC(O)(c1ccc3ccccc3c1)C2. The van der Waals surface area contributed by atoms with Crippen LogP contribution < -0.4 is 0 Å². The Bertz CT molecular complexity index is 1020. The van der Waals surface area contributed by atoms with Gasteiger partial charge in [0.2, 0.25) is 0 Å². The number of fused-ring (bicyclic) bond motifs is 3. The number of rotatable bonds is 3. The third-order valence-corrected chi connectivity index (χ3v) is 6.47. The number of carbonyl (C=O) groups is 1. The van der Waals surface area contributed by atoms with Gasteiger partial charge >= 0.3 is 6.09 Å². The number of amides is 1. The van der Waals surface area contributed by atoms with Gasteiger partial charge in [-0.2, -0.15) is 0 Å². The van der Waals surface area contributed by atoms with Gasteiger partial charge in [-0.15, -0.1) is 0 Å². The van der Waals surface area contributed by atoms with Gasteiger partial charge in [-0.1, -0.05) is 66.7 Å². The van der Waals surface area contributed by atoms with Crippen molar-refractivity contribution in [1.29, 1.82) is 0 Å². The number of nitrogens with zero attached hydrogens (tertiary/aromatic N) is 1. The predicted octanol–water partition coefficient (Wildman–Crippen LogP) is 4.99. The fraction of sp³-hybridized carbons (Fsp3) is 0.320. The summed E-state index contributed by atoms with van der Waals surface area (Å²) in [5, 5.41) is 13.8. The number of piperidine rings is 1. The van der Waals surface area contributed by atoms with Crippen LogP contribution in [0.15, 0.2) is 72.8 Å². The van der Waals surface area contributed by atoms with Crippen LogP contribution in [0.1, 0.15) is 36.8 Å². The summed E-state index contributed by atoms with van der Waals surface area (Å²) in [5.74, 6) is 0. The van der Waals surface area contributed by atoms with Gasteiger partial charge in [0, 0.05) is 24.9 Å². The lowest BCUT2D eigenvalue weighted by Crippen LogP contribution is -2.52. The van der Waals surface area contributed by atoms with Crippen LogP contribution in [-0.4, -0.2) is 28.2 Å². The molecular formula is C25H25NO3. The summed E-state index contributed by atoms with van der Waals surface area (Å²) >= 11 is 0. The maximum atomic E-state index is 12.8. The zero-order valence-electron chi connectivity index (χ0n) is 16.3. The van der Waals surface area contributed by atoms with Gasteiger partial charge in [0.15, 0.2) is 0 Å². The molecule has 2 saturated heterocycles. The summed E-state index contributed by atoms with van der Waals surface area (Å²) in [4.78, 5) is 14.7. The average Bonchev–Trinajstić information content (AvgIpc) is 3.04. The van der Waals surface area contributed by atoms with E-state index in [1.807, 2.05) is 53.4 Å². The van der Waals surface area contributed by atoms with Crippen LogP contribution in [0.25, 0.3) is 10.8 Å². The first kappa shape index (κ1) is 18.2. The molecule has 3 aromatic carbocycles. The molecule has 0 spiro atoms. The van der Waals surface area contributed by atoms with E-state index in [4.69, 9.17) is 4.74 Å².